The Bertz CT molecular complexity index is 391. The first-order valence-electron chi connectivity index (χ1n) is 5.49. The molecule has 96 valence electrons. The average molecular weight is 353 g/mol. The van der Waals surface area contributed by atoms with Crippen molar-refractivity contribution in [3.63, 3.8) is 0 Å². The van der Waals surface area contributed by atoms with Crippen LogP contribution in [-0.4, -0.2) is 44.2 Å². The Morgan fingerprint density at radius 1 is 1.59 bits per heavy atom. The number of likely N-dealkylation sites (tertiary alicyclic amines) is 1. The van der Waals surface area contributed by atoms with E-state index in [0.717, 1.165) is 0 Å². The number of amides is 1. The molecule has 2 bridgehead atoms. The summed E-state index contributed by atoms with van der Waals surface area (Å²) in [6.45, 7) is 5.95. The summed E-state index contributed by atoms with van der Waals surface area (Å²) in [5, 5.41) is 9.31. The molecule has 2 rings (SSSR count). The molecule has 2 atom stereocenters. The highest BCUT2D eigenvalue weighted by Gasteiger charge is 2.72. The maximum absolute atomic E-state index is 12.2. The fourth-order valence-electron chi connectivity index (χ4n) is 2.90. The Morgan fingerprint density at radius 3 is 2.53 bits per heavy atom. The van der Waals surface area contributed by atoms with Gasteiger partial charge in [0, 0.05) is 10.8 Å². The monoisotopic (exact) mass is 353 g/mol. The molecule has 2 fully saturated rings. The summed E-state index contributed by atoms with van der Waals surface area (Å²) in [6, 6.07) is 0. The number of halogens is 1. The number of nitrogens with zero attached hydrogens (tertiary/aromatic N) is 1. The van der Waals surface area contributed by atoms with E-state index in [1.165, 1.54) is 4.90 Å². The molecule has 17 heavy (non-hydrogen) atoms. The first-order chi connectivity index (χ1) is 7.68. The Morgan fingerprint density at radius 2 is 2.18 bits per heavy atom. The van der Waals surface area contributed by atoms with Gasteiger partial charge in [-0.15, -0.1) is 0 Å². The van der Waals surface area contributed by atoms with Gasteiger partial charge in [0.1, 0.15) is 5.60 Å². The number of alkyl halides is 1. The number of morpholine rings is 1. The van der Waals surface area contributed by atoms with E-state index in [-0.39, 0.29) is 6.54 Å². The zero-order valence-corrected chi connectivity index (χ0v) is 12.3. The van der Waals surface area contributed by atoms with E-state index in [9.17, 15) is 14.7 Å². The molecule has 1 N–H and O–H groups in total. The van der Waals surface area contributed by atoms with Crippen LogP contribution in [0.4, 0.5) is 4.79 Å². The lowest BCUT2D eigenvalue weighted by Crippen LogP contribution is -2.61. The molecule has 0 unspecified atom stereocenters. The second-order valence-electron chi connectivity index (χ2n) is 5.86. The number of hydrogen-bond acceptors (Lipinski definition) is 3. The Hall–Kier alpha value is -0.530. The average Bonchev–Trinajstić information content (AvgIpc) is 2.68. The van der Waals surface area contributed by atoms with Crippen LogP contribution in [0.1, 0.15) is 27.2 Å². The maximum atomic E-state index is 12.2. The number of carbonyl (C=O) groups is 2. The van der Waals surface area contributed by atoms with E-state index in [2.05, 4.69) is 22.6 Å². The molecule has 6 heteroatoms. The van der Waals surface area contributed by atoms with Crippen molar-refractivity contribution in [2.45, 2.75) is 38.3 Å². The third-order valence-electron chi connectivity index (χ3n) is 3.85. The Labute approximate surface area is 114 Å². The summed E-state index contributed by atoms with van der Waals surface area (Å²) in [4.78, 5) is 24.8. The summed E-state index contributed by atoms with van der Waals surface area (Å²) in [6.07, 6.45) is -0.569. The van der Waals surface area contributed by atoms with E-state index >= 15 is 0 Å². The minimum Gasteiger partial charge on any atom is -0.465 e. The number of rotatable bonds is 1. The van der Waals surface area contributed by atoms with Crippen LogP contribution in [0.5, 0.6) is 0 Å². The highest BCUT2D eigenvalue weighted by atomic mass is 127. The predicted molar refractivity (Wildman–Crippen MR) is 69.2 cm³/mol. The van der Waals surface area contributed by atoms with Crippen molar-refractivity contribution in [2.75, 3.05) is 11.0 Å². The normalized spacial score (nSPS) is 36.2. The summed E-state index contributed by atoms with van der Waals surface area (Å²) in [5.41, 5.74) is -2.11. The molecule has 1 amide bonds. The van der Waals surface area contributed by atoms with Gasteiger partial charge in [0.05, 0.1) is 6.54 Å². The van der Waals surface area contributed by atoms with Crippen molar-refractivity contribution >= 4 is 34.7 Å². The van der Waals surface area contributed by atoms with Crippen LogP contribution >= 0.6 is 22.6 Å². The molecule has 0 aromatic rings. The van der Waals surface area contributed by atoms with Crippen molar-refractivity contribution < 1.29 is 19.4 Å². The minimum absolute atomic E-state index is 0.286. The third-order valence-corrected chi connectivity index (χ3v) is 5.24. The quantitative estimate of drug-likeness (QED) is 0.444. The van der Waals surface area contributed by atoms with Gasteiger partial charge in [-0.1, -0.05) is 43.4 Å². The Balaban J connectivity index is 2.53. The fourth-order valence-corrected chi connectivity index (χ4v) is 3.56. The number of esters is 1. The lowest BCUT2D eigenvalue weighted by atomic mass is 9.72. The minimum atomic E-state index is -1.04. The number of hydrogen-bond donors (Lipinski definition) is 1. The fraction of sp³-hybridized carbons (Fsp3) is 0.818. The molecule has 0 aromatic heterocycles. The smallest absolute Gasteiger partial charge is 0.408 e. The molecular weight excluding hydrogens is 337 g/mol. The van der Waals surface area contributed by atoms with E-state index in [1.54, 1.807) is 0 Å². The van der Waals surface area contributed by atoms with Gasteiger partial charge in [-0.05, 0) is 5.41 Å². The number of carbonyl (C=O) groups excluding carboxylic acids is 1. The molecule has 5 nitrogen and oxygen atoms in total. The lowest BCUT2D eigenvalue weighted by Gasteiger charge is -2.43. The van der Waals surface area contributed by atoms with Gasteiger partial charge in [0.2, 0.25) is 0 Å². The molecule has 0 radical (unpaired) electrons. The summed E-state index contributed by atoms with van der Waals surface area (Å²) in [5.74, 6) is -0.393. The molecule has 2 aliphatic heterocycles. The number of carboxylic acid groups (broad SMARTS) is 1. The predicted octanol–water partition coefficient (Wildman–Crippen LogP) is 1.89. The molecule has 0 spiro atoms. The highest BCUT2D eigenvalue weighted by Crippen LogP contribution is 2.55. The second-order valence-corrected chi connectivity index (χ2v) is 6.62. The van der Waals surface area contributed by atoms with Crippen LogP contribution < -0.4 is 0 Å². The van der Waals surface area contributed by atoms with E-state index < -0.39 is 28.6 Å². The van der Waals surface area contributed by atoms with Gasteiger partial charge in [0.15, 0.2) is 5.54 Å². The van der Waals surface area contributed by atoms with Crippen LogP contribution in [0.25, 0.3) is 0 Å². The molecular formula is C11H16INO4. The molecule has 2 aliphatic rings. The van der Waals surface area contributed by atoms with Gasteiger partial charge in [0.25, 0.3) is 0 Å². The first kappa shape index (κ1) is 12.9. The largest absolute Gasteiger partial charge is 0.465 e. The standard InChI is InChI=1S/C11H16INO4/c1-9(2,3)11-4-10(5-12,17-7(11)14)6-13(11)8(15)16/h4-6H2,1-3H3,(H,15,16)/t10-,11-/m1/s1. The zero-order chi connectivity index (χ0) is 13.1. The van der Waals surface area contributed by atoms with Crippen molar-refractivity contribution in [1.29, 1.82) is 0 Å². The highest BCUT2D eigenvalue weighted by molar-refractivity contribution is 14.1. The summed E-state index contributed by atoms with van der Waals surface area (Å²) in [7, 11) is 0. The van der Waals surface area contributed by atoms with Crippen LogP contribution in [0.15, 0.2) is 0 Å². The van der Waals surface area contributed by atoms with Crippen LogP contribution in [-0.2, 0) is 9.53 Å². The lowest BCUT2D eigenvalue weighted by molar-refractivity contribution is -0.168. The van der Waals surface area contributed by atoms with Crippen molar-refractivity contribution in [3.8, 4) is 0 Å². The van der Waals surface area contributed by atoms with Crippen molar-refractivity contribution in [1.82, 2.24) is 4.90 Å². The van der Waals surface area contributed by atoms with Crippen molar-refractivity contribution in [3.05, 3.63) is 0 Å². The topological polar surface area (TPSA) is 66.8 Å². The van der Waals surface area contributed by atoms with E-state index in [4.69, 9.17) is 4.74 Å². The van der Waals surface area contributed by atoms with Crippen LogP contribution in [0.2, 0.25) is 0 Å². The van der Waals surface area contributed by atoms with Gasteiger partial charge >= 0.3 is 12.1 Å². The van der Waals surface area contributed by atoms with Gasteiger partial charge in [-0.2, -0.15) is 0 Å². The maximum Gasteiger partial charge on any atom is 0.408 e. The molecule has 0 saturated carbocycles. The second kappa shape index (κ2) is 3.49. The van der Waals surface area contributed by atoms with Gasteiger partial charge in [-0.25, -0.2) is 9.59 Å². The van der Waals surface area contributed by atoms with E-state index in [0.29, 0.717) is 10.8 Å². The molecule has 0 aromatic carbocycles. The van der Waals surface area contributed by atoms with Crippen LogP contribution in [0.3, 0.4) is 0 Å². The molecule has 2 saturated heterocycles. The Kier molecular flexibility index (Phi) is 2.65. The zero-order valence-electron chi connectivity index (χ0n) is 10.1. The van der Waals surface area contributed by atoms with Gasteiger partial charge in [-0.3, -0.25) is 4.90 Å². The SMILES string of the molecule is CC(C)(C)[C@]12C[C@@](CI)(CN1C(=O)O)OC2=O. The molecule has 2 heterocycles. The van der Waals surface area contributed by atoms with Crippen molar-refractivity contribution in [2.24, 2.45) is 5.41 Å². The van der Waals surface area contributed by atoms with Crippen LogP contribution in [0, 0.1) is 5.41 Å². The van der Waals surface area contributed by atoms with Gasteiger partial charge < -0.3 is 9.84 Å². The number of ether oxygens (including phenoxy) is 1. The molecule has 0 aliphatic carbocycles. The third kappa shape index (κ3) is 1.49. The number of fused-ring (bicyclic) bond motifs is 2. The first-order valence-corrected chi connectivity index (χ1v) is 7.01. The summed E-state index contributed by atoms with van der Waals surface area (Å²) < 4.78 is 6.08. The van der Waals surface area contributed by atoms with E-state index in [1.807, 2.05) is 20.8 Å². The summed E-state index contributed by atoms with van der Waals surface area (Å²) >= 11 is 2.15.